The highest BCUT2D eigenvalue weighted by Gasteiger charge is 2.34. The van der Waals surface area contributed by atoms with Crippen LogP contribution in [0.25, 0.3) is 0 Å². The molecule has 4 nitrogen and oxygen atoms in total. The van der Waals surface area contributed by atoms with Gasteiger partial charge in [-0.2, -0.15) is 0 Å². The van der Waals surface area contributed by atoms with Crippen molar-refractivity contribution < 1.29 is 15.0 Å². The van der Waals surface area contributed by atoms with Crippen molar-refractivity contribution in [3.05, 3.63) is 35.4 Å². The molecule has 2 atom stereocenters. The highest BCUT2D eigenvalue weighted by molar-refractivity contribution is 5.87. The SMILES string of the molecule is CC1(CNCc2cccc(C(=O)O)c2)CCCCC1O. The minimum absolute atomic E-state index is 0.0668. The van der Waals surface area contributed by atoms with Gasteiger partial charge >= 0.3 is 5.97 Å². The van der Waals surface area contributed by atoms with Gasteiger partial charge in [0.2, 0.25) is 0 Å². The van der Waals surface area contributed by atoms with Crippen molar-refractivity contribution in [1.29, 1.82) is 0 Å². The summed E-state index contributed by atoms with van der Waals surface area (Å²) in [4.78, 5) is 10.9. The van der Waals surface area contributed by atoms with Gasteiger partial charge in [0.1, 0.15) is 0 Å². The number of carboxylic acid groups (broad SMARTS) is 1. The van der Waals surface area contributed by atoms with Crippen molar-refractivity contribution in [3.8, 4) is 0 Å². The molecule has 1 aliphatic carbocycles. The zero-order valence-corrected chi connectivity index (χ0v) is 11.9. The molecule has 1 fully saturated rings. The minimum Gasteiger partial charge on any atom is -0.478 e. The van der Waals surface area contributed by atoms with Crippen LogP contribution in [0, 0.1) is 5.41 Å². The summed E-state index contributed by atoms with van der Waals surface area (Å²) < 4.78 is 0. The van der Waals surface area contributed by atoms with Crippen LogP contribution in [-0.2, 0) is 6.54 Å². The summed E-state index contributed by atoms with van der Waals surface area (Å²) in [5.41, 5.74) is 1.20. The number of hydrogen-bond donors (Lipinski definition) is 3. The van der Waals surface area contributed by atoms with Crippen molar-refractivity contribution in [2.75, 3.05) is 6.54 Å². The van der Waals surface area contributed by atoms with E-state index in [1.54, 1.807) is 18.2 Å². The van der Waals surface area contributed by atoms with E-state index < -0.39 is 5.97 Å². The number of benzene rings is 1. The molecular formula is C16H23NO3. The average Bonchev–Trinajstić information content (AvgIpc) is 2.43. The zero-order valence-electron chi connectivity index (χ0n) is 11.9. The first-order valence-electron chi connectivity index (χ1n) is 7.22. The molecule has 1 saturated carbocycles. The molecule has 0 aliphatic heterocycles. The lowest BCUT2D eigenvalue weighted by atomic mass is 9.73. The van der Waals surface area contributed by atoms with Crippen LogP contribution in [0.3, 0.4) is 0 Å². The Morgan fingerprint density at radius 1 is 1.45 bits per heavy atom. The number of carboxylic acids is 1. The Morgan fingerprint density at radius 2 is 2.25 bits per heavy atom. The number of aliphatic hydroxyl groups excluding tert-OH is 1. The summed E-state index contributed by atoms with van der Waals surface area (Å²) in [6.45, 7) is 3.51. The molecule has 1 aliphatic rings. The van der Waals surface area contributed by atoms with Crippen LogP contribution in [0.1, 0.15) is 48.5 Å². The van der Waals surface area contributed by atoms with Crippen LogP contribution in [-0.4, -0.2) is 28.8 Å². The first-order valence-corrected chi connectivity index (χ1v) is 7.22. The summed E-state index contributed by atoms with van der Waals surface area (Å²) in [6, 6.07) is 6.96. The second kappa shape index (κ2) is 6.37. The van der Waals surface area contributed by atoms with Gasteiger partial charge in [-0.15, -0.1) is 0 Å². The molecule has 0 heterocycles. The minimum atomic E-state index is -0.901. The number of rotatable bonds is 5. The van der Waals surface area contributed by atoms with Crippen molar-refractivity contribution >= 4 is 5.97 Å². The van der Waals surface area contributed by atoms with Gasteiger partial charge in [-0.1, -0.05) is 31.9 Å². The Hall–Kier alpha value is -1.39. The molecule has 110 valence electrons. The maximum atomic E-state index is 10.9. The van der Waals surface area contributed by atoms with Crippen LogP contribution in [0.15, 0.2) is 24.3 Å². The normalized spacial score (nSPS) is 26.4. The average molecular weight is 277 g/mol. The molecule has 0 bridgehead atoms. The Balaban J connectivity index is 1.89. The number of carbonyl (C=O) groups is 1. The maximum absolute atomic E-state index is 10.9. The second-order valence-electron chi connectivity index (χ2n) is 6.02. The van der Waals surface area contributed by atoms with E-state index in [0.29, 0.717) is 12.1 Å². The number of nitrogens with one attached hydrogen (secondary N) is 1. The highest BCUT2D eigenvalue weighted by atomic mass is 16.4. The molecule has 0 spiro atoms. The van der Waals surface area contributed by atoms with Gasteiger partial charge < -0.3 is 15.5 Å². The predicted molar refractivity (Wildman–Crippen MR) is 77.7 cm³/mol. The molecule has 0 aromatic heterocycles. The molecule has 2 rings (SSSR count). The number of hydrogen-bond acceptors (Lipinski definition) is 3. The number of aliphatic hydroxyl groups is 1. The smallest absolute Gasteiger partial charge is 0.335 e. The first-order chi connectivity index (χ1) is 9.51. The lowest BCUT2D eigenvalue weighted by Crippen LogP contribution is -2.43. The van der Waals surface area contributed by atoms with Crippen molar-refractivity contribution in [2.24, 2.45) is 5.41 Å². The van der Waals surface area contributed by atoms with E-state index in [0.717, 1.165) is 31.4 Å². The summed E-state index contributed by atoms with van der Waals surface area (Å²) in [5.74, 6) is -0.901. The predicted octanol–water partition coefficient (Wildman–Crippen LogP) is 2.42. The van der Waals surface area contributed by atoms with Gasteiger partial charge in [0.15, 0.2) is 0 Å². The molecule has 3 N–H and O–H groups in total. The second-order valence-corrected chi connectivity index (χ2v) is 6.02. The van der Waals surface area contributed by atoms with Gasteiger partial charge in [-0.3, -0.25) is 0 Å². The molecular weight excluding hydrogens is 254 g/mol. The summed E-state index contributed by atoms with van der Waals surface area (Å²) >= 11 is 0. The van der Waals surface area contributed by atoms with Crippen LogP contribution < -0.4 is 5.32 Å². The van der Waals surface area contributed by atoms with Crippen molar-refractivity contribution in [2.45, 2.75) is 45.3 Å². The topological polar surface area (TPSA) is 69.6 Å². The van der Waals surface area contributed by atoms with E-state index in [-0.39, 0.29) is 11.5 Å². The molecule has 0 amide bonds. The standard InChI is InChI=1S/C16H23NO3/c1-16(8-3-2-7-14(16)18)11-17-10-12-5-4-6-13(9-12)15(19)20/h4-6,9,14,17-18H,2-3,7-8,10-11H2,1H3,(H,19,20). The Bertz CT molecular complexity index is 475. The van der Waals surface area contributed by atoms with Crippen LogP contribution in [0.2, 0.25) is 0 Å². The molecule has 1 aromatic rings. The molecule has 20 heavy (non-hydrogen) atoms. The highest BCUT2D eigenvalue weighted by Crippen LogP contribution is 2.35. The summed E-state index contributed by atoms with van der Waals surface area (Å²) in [5, 5.41) is 22.4. The van der Waals surface area contributed by atoms with E-state index in [2.05, 4.69) is 12.2 Å². The Morgan fingerprint density at radius 3 is 2.95 bits per heavy atom. The molecule has 0 saturated heterocycles. The fourth-order valence-electron chi connectivity index (χ4n) is 2.89. The van der Waals surface area contributed by atoms with Crippen molar-refractivity contribution in [1.82, 2.24) is 5.32 Å². The van der Waals surface area contributed by atoms with E-state index in [1.807, 2.05) is 6.07 Å². The number of aromatic carboxylic acids is 1. The molecule has 1 aromatic carbocycles. The lowest BCUT2D eigenvalue weighted by Gasteiger charge is -2.38. The van der Waals surface area contributed by atoms with E-state index in [9.17, 15) is 9.90 Å². The van der Waals surface area contributed by atoms with Gasteiger partial charge in [0.05, 0.1) is 11.7 Å². The lowest BCUT2D eigenvalue weighted by molar-refractivity contribution is 0.00115. The summed E-state index contributed by atoms with van der Waals surface area (Å²) in [7, 11) is 0. The van der Waals surface area contributed by atoms with E-state index >= 15 is 0 Å². The fraction of sp³-hybridized carbons (Fsp3) is 0.562. The zero-order chi connectivity index (χ0) is 14.6. The third kappa shape index (κ3) is 3.58. The fourth-order valence-corrected chi connectivity index (χ4v) is 2.89. The van der Waals surface area contributed by atoms with E-state index in [1.165, 1.54) is 6.42 Å². The molecule has 4 heteroatoms. The van der Waals surface area contributed by atoms with Gasteiger partial charge in [0.25, 0.3) is 0 Å². The Kier molecular flexibility index (Phi) is 4.78. The Labute approximate surface area is 119 Å². The maximum Gasteiger partial charge on any atom is 0.335 e. The third-order valence-electron chi connectivity index (χ3n) is 4.31. The van der Waals surface area contributed by atoms with Gasteiger partial charge in [-0.25, -0.2) is 4.79 Å². The quantitative estimate of drug-likeness (QED) is 0.773. The summed E-state index contributed by atoms with van der Waals surface area (Å²) in [6.07, 6.45) is 3.96. The van der Waals surface area contributed by atoms with Crippen LogP contribution in [0.5, 0.6) is 0 Å². The van der Waals surface area contributed by atoms with Crippen LogP contribution in [0.4, 0.5) is 0 Å². The van der Waals surface area contributed by atoms with Crippen LogP contribution >= 0.6 is 0 Å². The largest absolute Gasteiger partial charge is 0.478 e. The monoisotopic (exact) mass is 277 g/mol. The van der Waals surface area contributed by atoms with Crippen molar-refractivity contribution in [3.63, 3.8) is 0 Å². The first kappa shape index (κ1) is 15.0. The van der Waals surface area contributed by atoms with E-state index in [4.69, 9.17) is 5.11 Å². The van der Waals surface area contributed by atoms with Gasteiger partial charge in [-0.05, 0) is 30.5 Å². The third-order valence-corrected chi connectivity index (χ3v) is 4.31. The molecule has 2 unspecified atom stereocenters. The van der Waals surface area contributed by atoms with Gasteiger partial charge in [0, 0.05) is 18.5 Å². The molecule has 0 radical (unpaired) electrons.